The molecule has 0 bridgehead atoms. The van der Waals surface area contributed by atoms with E-state index in [1.165, 1.54) is 0 Å². The molecule has 1 aromatic heterocycles. The lowest BCUT2D eigenvalue weighted by molar-refractivity contribution is -0.135. The molecule has 2 unspecified atom stereocenters. The van der Waals surface area contributed by atoms with E-state index in [2.05, 4.69) is 11.9 Å². The first kappa shape index (κ1) is 14.0. The summed E-state index contributed by atoms with van der Waals surface area (Å²) in [6, 6.07) is 3.43. The van der Waals surface area contributed by atoms with Gasteiger partial charge in [0.2, 0.25) is 5.91 Å². The highest BCUT2D eigenvalue weighted by Crippen LogP contribution is 2.17. The van der Waals surface area contributed by atoms with Crippen LogP contribution >= 0.6 is 0 Å². The molecule has 104 valence electrons. The summed E-state index contributed by atoms with van der Waals surface area (Å²) in [7, 11) is 1.80. The van der Waals surface area contributed by atoms with Gasteiger partial charge >= 0.3 is 0 Å². The van der Waals surface area contributed by atoms with Gasteiger partial charge in [-0.2, -0.15) is 0 Å². The van der Waals surface area contributed by atoms with Gasteiger partial charge in [-0.3, -0.25) is 14.7 Å². The first-order valence-electron chi connectivity index (χ1n) is 6.60. The Morgan fingerprint density at radius 1 is 1.47 bits per heavy atom. The minimum absolute atomic E-state index is 0.00394. The number of pyridine rings is 1. The molecule has 5 nitrogen and oxygen atoms in total. The van der Waals surface area contributed by atoms with Gasteiger partial charge in [-0.05, 0) is 17.5 Å². The topological polar surface area (TPSA) is 56.7 Å². The van der Waals surface area contributed by atoms with Crippen LogP contribution in [0.5, 0.6) is 0 Å². The Hall–Kier alpha value is -1.46. The van der Waals surface area contributed by atoms with Crippen LogP contribution in [0.15, 0.2) is 24.5 Å². The Bertz CT molecular complexity index is 424. The molecular formula is C14H21N3O2. The summed E-state index contributed by atoms with van der Waals surface area (Å²) < 4.78 is 0. The first-order chi connectivity index (χ1) is 9.11. The number of aliphatic hydroxyl groups is 1. The summed E-state index contributed by atoms with van der Waals surface area (Å²) in [6.45, 7) is 4.16. The monoisotopic (exact) mass is 263 g/mol. The van der Waals surface area contributed by atoms with Crippen molar-refractivity contribution in [2.75, 3.05) is 26.7 Å². The highest BCUT2D eigenvalue weighted by atomic mass is 16.3. The van der Waals surface area contributed by atoms with Crippen LogP contribution < -0.4 is 0 Å². The van der Waals surface area contributed by atoms with Crippen LogP contribution in [0.1, 0.15) is 12.5 Å². The fourth-order valence-electron chi connectivity index (χ4n) is 2.65. The van der Waals surface area contributed by atoms with E-state index in [9.17, 15) is 9.90 Å². The zero-order valence-electron chi connectivity index (χ0n) is 11.5. The molecule has 1 aliphatic heterocycles. The largest absolute Gasteiger partial charge is 0.394 e. The van der Waals surface area contributed by atoms with Crippen LogP contribution in [0, 0.1) is 5.92 Å². The van der Waals surface area contributed by atoms with E-state index in [4.69, 9.17) is 0 Å². The van der Waals surface area contributed by atoms with Gasteiger partial charge in [0, 0.05) is 39.1 Å². The second kappa shape index (κ2) is 6.12. The van der Waals surface area contributed by atoms with Crippen LogP contribution in [-0.2, 0) is 11.3 Å². The lowest BCUT2D eigenvalue weighted by Crippen LogP contribution is -2.46. The van der Waals surface area contributed by atoms with E-state index >= 15 is 0 Å². The highest BCUT2D eigenvalue weighted by Gasteiger charge is 2.32. The number of hydrogen-bond donors (Lipinski definition) is 1. The smallest absolute Gasteiger partial charge is 0.242 e. The van der Waals surface area contributed by atoms with Gasteiger partial charge < -0.3 is 10.0 Å². The maximum Gasteiger partial charge on any atom is 0.242 e. The molecular weight excluding hydrogens is 242 g/mol. The fourth-order valence-corrected chi connectivity index (χ4v) is 2.65. The first-order valence-corrected chi connectivity index (χ1v) is 6.60. The minimum Gasteiger partial charge on any atom is -0.394 e. The zero-order valence-corrected chi connectivity index (χ0v) is 11.5. The summed E-state index contributed by atoms with van der Waals surface area (Å²) >= 11 is 0. The Kier molecular flexibility index (Phi) is 4.50. The lowest BCUT2D eigenvalue weighted by Gasteiger charge is -2.28. The van der Waals surface area contributed by atoms with Gasteiger partial charge in [-0.25, -0.2) is 0 Å². The van der Waals surface area contributed by atoms with Crippen LogP contribution in [0.4, 0.5) is 0 Å². The molecule has 0 spiro atoms. The molecule has 1 N–H and O–H groups in total. The third kappa shape index (κ3) is 3.30. The second-order valence-electron chi connectivity index (χ2n) is 5.31. The predicted molar refractivity (Wildman–Crippen MR) is 72.3 cm³/mol. The number of aromatic nitrogens is 1. The molecule has 0 aromatic carbocycles. The molecule has 1 saturated heterocycles. The van der Waals surface area contributed by atoms with Gasteiger partial charge in [0.25, 0.3) is 0 Å². The van der Waals surface area contributed by atoms with Gasteiger partial charge in [0.05, 0.1) is 6.61 Å². The summed E-state index contributed by atoms with van der Waals surface area (Å²) in [5.41, 5.74) is 1.06. The fraction of sp³-hybridized carbons (Fsp3) is 0.571. The Morgan fingerprint density at radius 3 is 2.89 bits per heavy atom. The number of likely N-dealkylation sites (N-methyl/N-ethyl adjacent to an activating group) is 1. The Labute approximate surface area is 113 Å². The third-order valence-electron chi connectivity index (χ3n) is 3.52. The maximum atomic E-state index is 12.2. The van der Waals surface area contributed by atoms with Gasteiger partial charge in [0.1, 0.15) is 6.04 Å². The van der Waals surface area contributed by atoms with Crippen molar-refractivity contribution in [1.82, 2.24) is 14.8 Å². The minimum atomic E-state index is -0.449. The van der Waals surface area contributed by atoms with Gasteiger partial charge in [0.15, 0.2) is 0 Å². The van der Waals surface area contributed by atoms with E-state index in [1.807, 2.05) is 17.0 Å². The van der Waals surface area contributed by atoms with Crippen molar-refractivity contribution in [3.05, 3.63) is 30.1 Å². The summed E-state index contributed by atoms with van der Waals surface area (Å²) in [4.78, 5) is 20.1. The second-order valence-corrected chi connectivity index (χ2v) is 5.31. The van der Waals surface area contributed by atoms with Crippen LogP contribution in [0.25, 0.3) is 0 Å². The Balaban J connectivity index is 2.18. The summed E-state index contributed by atoms with van der Waals surface area (Å²) in [6.07, 6.45) is 3.54. The van der Waals surface area contributed by atoms with Crippen molar-refractivity contribution in [1.29, 1.82) is 0 Å². The lowest BCUT2D eigenvalue weighted by atomic mass is 10.1. The number of amides is 1. The normalized spacial score (nSPS) is 25.4. The van der Waals surface area contributed by atoms with E-state index in [-0.39, 0.29) is 12.5 Å². The Morgan fingerprint density at radius 2 is 2.26 bits per heavy atom. The van der Waals surface area contributed by atoms with E-state index in [0.717, 1.165) is 18.7 Å². The summed E-state index contributed by atoms with van der Waals surface area (Å²) in [5.74, 6) is 0.387. The average molecular weight is 263 g/mol. The van der Waals surface area contributed by atoms with Crippen molar-refractivity contribution in [3.8, 4) is 0 Å². The molecule has 2 atom stereocenters. The third-order valence-corrected chi connectivity index (χ3v) is 3.52. The molecule has 19 heavy (non-hydrogen) atoms. The van der Waals surface area contributed by atoms with E-state index in [1.54, 1.807) is 24.3 Å². The molecule has 2 heterocycles. The van der Waals surface area contributed by atoms with Crippen LogP contribution in [0.3, 0.4) is 0 Å². The number of aliphatic hydroxyl groups excluding tert-OH is 1. The maximum absolute atomic E-state index is 12.2. The molecule has 0 aliphatic carbocycles. The van der Waals surface area contributed by atoms with E-state index < -0.39 is 6.04 Å². The van der Waals surface area contributed by atoms with E-state index in [0.29, 0.717) is 12.5 Å². The van der Waals surface area contributed by atoms with Gasteiger partial charge in [-0.15, -0.1) is 0 Å². The molecule has 2 rings (SSSR count). The van der Waals surface area contributed by atoms with Crippen molar-refractivity contribution in [2.45, 2.75) is 19.5 Å². The number of carbonyl (C=O) groups excluding carboxylic acids is 1. The number of carbonyl (C=O) groups is 1. The SMILES string of the molecule is CC1CN(C)C(=O)C(CO)N(Cc2cccnc2)C1. The van der Waals surface area contributed by atoms with Crippen LogP contribution in [0.2, 0.25) is 0 Å². The summed E-state index contributed by atoms with van der Waals surface area (Å²) in [5, 5.41) is 9.53. The number of hydrogen-bond acceptors (Lipinski definition) is 4. The van der Waals surface area contributed by atoms with Gasteiger partial charge in [-0.1, -0.05) is 13.0 Å². The highest BCUT2D eigenvalue weighted by molar-refractivity contribution is 5.82. The molecule has 0 saturated carbocycles. The molecule has 1 fully saturated rings. The zero-order chi connectivity index (χ0) is 13.8. The van der Waals surface area contributed by atoms with Crippen LogP contribution in [-0.4, -0.2) is 58.6 Å². The molecule has 1 amide bonds. The number of rotatable bonds is 3. The van der Waals surface area contributed by atoms with Crippen molar-refractivity contribution >= 4 is 5.91 Å². The van der Waals surface area contributed by atoms with Crippen molar-refractivity contribution in [3.63, 3.8) is 0 Å². The molecule has 0 radical (unpaired) electrons. The number of nitrogens with zero attached hydrogens (tertiary/aromatic N) is 3. The quantitative estimate of drug-likeness (QED) is 0.855. The predicted octanol–water partition coefficient (Wildman–Crippen LogP) is 0.353. The average Bonchev–Trinajstić information content (AvgIpc) is 2.48. The van der Waals surface area contributed by atoms with Crippen molar-refractivity contribution < 1.29 is 9.90 Å². The molecule has 5 heteroatoms. The molecule has 1 aromatic rings. The molecule has 1 aliphatic rings. The van der Waals surface area contributed by atoms with Crippen molar-refractivity contribution in [2.24, 2.45) is 5.92 Å². The standard InChI is InChI=1S/C14H21N3O2/c1-11-7-16(2)14(19)13(10-18)17(8-11)9-12-4-3-5-15-6-12/h3-6,11,13,18H,7-10H2,1-2H3.